The number of benzene rings is 1. The summed E-state index contributed by atoms with van der Waals surface area (Å²) in [6.45, 7) is 3.82. The third-order valence-corrected chi connectivity index (χ3v) is 3.44. The van der Waals surface area contributed by atoms with Gasteiger partial charge in [-0.15, -0.1) is 0 Å². The van der Waals surface area contributed by atoms with Crippen molar-refractivity contribution in [2.24, 2.45) is 0 Å². The van der Waals surface area contributed by atoms with E-state index in [1.807, 2.05) is 38.1 Å². The average Bonchev–Trinajstić information content (AvgIpc) is 2.43. The molecule has 0 atom stereocenters. The molecular weight excluding hydrogens is 260 g/mol. The molecule has 0 saturated carbocycles. The van der Waals surface area contributed by atoms with Gasteiger partial charge in [-0.3, -0.25) is 0 Å². The van der Waals surface area contributed by atoms with Crippen LogP contribution in [0.3, 0.4) is 0 Å². The van der Waals surface area contributed by atoms with Crippen molar-refractivity contribution in [3.05, 3.63) is 46.1 Å². The molecule has 2 aromatic rings. The lowest BCUT2D eigenvalue weighted by atomic mass is 10.00. The van der Waals surface area contributed by atoms with Crippen LogP contribution in [0, 0.1) is 25.2 Å². The maximum Gasteiger partial charge on any atom is 0.147 e. The molecule has 1 aromatic heterocycles. The molecule has 0 unspecified atom stereocenters. The minimum atomic E-state index is 0.239. The van der Waals surface area contributed by atoms with Gasteiger partial charge in [-0.1, -0.05) is 23.7 Å². The number of methoxy groups -OCH3 is 1. The molecule has 0 saturated heterocycles. The van der Waals surface area contributed by atoms with Crippen LogP contribution >= 0.6 is 11.6 Å². The minimum Gasteiger partial charge on any atom is -0.497 e. The first-order chi connectivity index (χ1) is 9.08. The quantitative estimate of drug-likeness (QED) is 0.779. The average molecular weight is 273 g/mol. The largest absolute Gasteiger partial charge is 0.497 e. The third kappa shape index (κ3) is 2.40. The highest BCUT2D eigenvalue weighted by molar-refractivity contribution is 6.30. The molecule has 0 aliphatic heterocycles. The van der Waals surface area contributed by atoms with Crippen molar-refractivity contribution in [3.63, 3.8) is 0 Å². The Kier molecular flexibility index (Phi) is 3.73. The zero-order valence-electron chi connectivity index (χ0n) is 11.0. The topological polar surface area (TPSA) is 45.9 Å². The van der Waals surface area contributed by atoms with Crippen LogP contribution in [0.1, 0.15) is 16.7 Å². The fourth-order valence-electron chi connectivity index (χ4n) is 1.94. The molecule has 1 heterocycles. The van der Waals surface area contributed by atoms with E-state index in [0.29, 0.717) is 5.56 Å². The SMILES string of the molecule is COc1cccc(-c2nc(Cl)c(C#N)c(C)c2C)c1. The molecule has 3 nitrogen and oxygen atoms in total. The number of rotatable bonds is 2. The lowest BCUT2D eigenvalue weighted by Crippen LogP contribution is -1.97. The van der Waals surface area contributed by atoms with E-state index in [1.54, 1.807) is 7.11 Å². The number of nitrogens with zero attached hydrogens (tertiary/aromatic N) is 2. The maximum absolute atomic E-state index is 9.07. The van der Waals surface area contributed by atoms with Crippen LogP contribution in [-0.2, 0) is 0 Å². The Hall–Kier alpha value is -2.05. The number of ether oxygens (including phenoxy) is 1. The first-order valence-electron chi connectivity index (χ1n) is 5.79. The predicted octanol–water partition coefficient (Wildman–Crippen LogP) is 3.90. The molecule has 4 heteroatoms. The fraction of sp³-hybridized carbons (Fsp3) is 0.200. The smallest absolute Gasteiger partial charge is 0.147 e. The van der Waals surface area contributed by atoms with E-state index in [4.69, 9.17) is 21.6 Å². The molecule has 1 aromatic carbocycles. The molecule has 19 heavy (non-hydrogen) atoms. The number of aromatic nitrogens is 1. The van der Waals surface area contributed by atoms with Gasteiger partial charge in [-0.25, -0.2) is 4.98 Å². The van der Waals surface area contributed by atoms with Gasteiger partial charge in [0.25, 0.3) is 0 Å². The van der Waals surface area contributed by atoms with Gasteiger partial charge in [-0.05, 0) is 37.1 Å². The van der Waals surface area contributed by atoms with E-state index in [-0.39, 0.29) is 5.15 Å². The standard InChI is InChI=1S/C15H13ClN2O/c1-9-10(2)14(18-15(16)13(9)8-17)11-5-4-6-12(7-11)19-3/h4-7H,1-3H3. The second-order valence-electron chi connectivity index (χ2n) is 4.22. The first-order valence-corrected chi connectivity index (χ1v) is 6.17. The summed E-state index contributed by atoms with van der Waals surface area (Å²) in [6, 6.07) is 9.70. The first kappa shape index (κ1) is 13.4. The molecular formula is C15H13ClN2O. The van der Waals surface area contributed by atoms with Gasteiger partial charge in [0.15, 0.2) is 0 Å². The van der Waals surface area contributed by atoms with Crippen molar-refractivity contribution in [2.45, 2.75) is 13.8 Å². The van der Waals surface area contributed by atoms with E-state index in [1.165, 1.54) is 0 Å². The summed E-state index contributed by atoms with van der Waals surface area (Å²) >= 11 is 6.07. The molecule has 0 aliphatic carbocycles. The molecule has 0 aliphatic rings. The van der Waals surface area contributed by atoms with E-state index in [9.17, 15) is 0 Å². The molecule has 0 spiro atoms. The van der Waals surface area contributed by atoms with E-state index < -0.39 is 0 Å². The number of nitriles is 1. The summed E-state index contributed by atoms with van der Waals surface area (Å²) in [6.07, 6.45) is 0. The Balaban J connectivity index is 2.67. The predicted molar refractivity (Wildman–Crippen MR) is 75.4 cm³/mol. The minimum absolute atomic E-state index is 0.239. The van der Waals surface area contributed by atoms with Crippen molar-refractivity contribution in [1.29, 1.82) is 5.26 Å². The monoisotopic (exact) mass is 272 g/mol. The second kappa shape index (κ2) is 5.29. The van der Waals surface area contributed by atoms with Crippen molar-refractivity contribution in [3.8, 4) is 23.1 Å². The Morgan fingerprint density at radius 1 is 1.26 bits per heavy atom. The Morgan fingerprint density at radius 3 is 2.63 bits per heavy atom. The van der Waals surface area contributed by atoms with Crippen LogP contribution in [0.2, 0.25) is 5.15 Å². The van der Waals surface area contributed by atoms with Gasteiger partial charge >= 0.3 is 0 Å². The molecule has 0 radical (unpaired) electrons. The van der Waals surface area contributed by atoms with Gasteiger partial charge in [0.1, 0.15) is 17.0 Å². The number of hydrogen-bond acceptors (Lipinski definition) is 3. The molecule has 2 rings (SSSR count). The lowest BCUT2D eigenvalue weighted by Gasteiger charge is -2.11. The van der Waals surface area contributed by atoms with Gasteiger partial charge in [0, 0.05) is 5.56 Å². The van der Waals surface area contributed by atoms with Gasteiger partial charge in [-0.2, -0.15) is 5.26 Å². The maximum atomic E-state index is 9.07. The summed E-state index contributed by atoms with van der Waals surface area (Å²) < 4.78 is 5.21. The molecule has 0 fully saturated rings. The van der Waals surface area contributed by atoms with E-state index >= 15 is 0 Å². The lowest BCUT2D eigenvalue weighted by molar-refractivity contribution is 0.415. The van der Waals surface area contributed by atoms with Crippen molar-refractivity contribution < 1.29 is 4.74 Å². The van der Waals surface area contributed by atoms with E-state index in [2.05, 4.69) is 11.1 Å². The second-order valence-corrected chi connectivity index (χ2v) is 4.58. The van der Waals surface area contributed by atoms with Crippen LogP contribution in [0.15, 0.2) is 24.3 Å². The summed E-state index contributed by atoms with van der Waals surface area (Å²) in [5.74, 6) is 0.761. The summed E-state index contributed by atoms with van der Waals surface area (Å²) in [5.41, 5.74) is 3.95. The summed E-state index contributed by atoms with van der Waals surface area (Å²) in [7, 11) is 1.62. The van der Waals surface area contributed by atoms with Crippen molar-refractivity contribution in [2.75, 3.05) is 7.11 Å². The fourth-order valence-corrected chi connectivity index (χ4v) is 2.21. The Morgan fingerprint density at radius 2 is 2.00 bits per heavy atom. The summed E-state index contributed by atoms with van der Waals surface area (Å²) in [5, 5.41) is 9.31. The molecule has 0 bridgehead atoms. The zero-order chi connectivity index (χ0) is 14.0. The molecule has 96 valence electrons. The normalized spacial score (nSPS) is 10.1. The highest BCUT2D eigenvalue weighted by atomic mass is 35.5. The van der Waals surface area contributed by atoms with Crippen molar-refractivity contribution in [1.82, 2.24) is 4.98 Å². The van der Waals surface area contributed by atoms with Crippen molar-refractivity contribution >= 4 is 11.6 Å². The highest BCUT2D eigenvalue weighted by Gasteiger charge is 2.14. The molecule has 0 N–H and O–H groups in total. The van der Waals surface area contributed by atoms with Gasteiger partial charge in [0.2, 0.25) is 0 Å². The van der Waals surface area contributed by atoms with Crippen LogP contribution in [0.5, 0.6) is 5.75 Å². The number of hydrogen-bond donors (Lipinski definition) is 0. The van der Waals surface area contributed by atoms with Gasteiger partial charge in [0.05, 0.1) is 18.4 Å². The third-order valence-electron chi connectivity index (χ3n) is 3.16. The van der Waals surface area contributed by atoms with Gasteiger partial charge < -0.3 is 4.74 Å². The van der Waals surface area contributed by atoms with Crippen LogP contribution in [0.4, 0.5) is 0 Å². The Bertz CT molecular complexity index is 675. The highest BCUT2D eigenvalue weighted by Crippen LogP contribution is 2.30. The van der Waals surface area contributed by atoms with Crippen LogP contribution < -0.4 is 4.74 Å². The number of pyridine rings is 1. The van der Waals surface area contributed by atoms with Crippen LogP contribution in [0.25, 0.3) is 11.3 Å². The number of halogens is 1. The van der Waals surface area contributed by atoms with E-state index in [0.717, 1.165) is 28.1 Å². The zero-order valence-corrected chi connectivity index (χ0v) is 11.7. The Labute approximate surface area is 117 Å². The molecule has 0 amide bonds. The van der Waals surface area contributed by atoms with Crippen LogP contribution in [-0.4, -0.2) is 12.1 Å². The summed E-state index contributed by atoms with van der Waals surface area (Å²) in [4.78, 5) is 4.34.